The van der Waals surface area contributed by atoms with Crippen molar-refractivity contribution in [1.29, 1.82) is 0 Å². The lowest BCUT2D eigenvalue weighted by Gasteiger charge is -2.29. The standard InChI is InChI=1S/C56H87N17O28/c1-23(57)44(88)65-29(9-14-41(82)83)50(94)70-32(18-37(59)77)51(95)71-34(22-75)53(97)72-33(21-74)52(96)64-26(4)55(99)73-17-5-6-35(73)54(98)68-28(8-13-40(80)81)48(92)63-25(3)46(90)66-30(10-15-42(84)85)49(93)67-27(7-12-36(58)76)47(91)61-19-38(78)60-20-39(79)62-24(2)45(89)69-31(56(100)101)11-16-43(86)87/h23-35,74-75H,5-22,57H2,1-4H3,(H2,58,76)(H2,59,77)(H,60,78)(H,61,91)(H,62,79)(H,63,92)(H,64,96)(H,65,88)(H,66,90)(H,67,93)(H,68,98)(H,69,89)(H,70,94)(H,71,95)(H,72,97)(H,80,81)(H,82,83)(H,84,85)(H,86,87)(H,100,101)/t23-,24-,25-,26-,27-,28-,29-,30-,31-,32-,33-,34-,35-/m0/s1. The van der Waals surface area contributed by atoms with E-state index in [1.54, 1.807) is 0 Å². The minimum absolute atomic E-state index is 0.0833. The number of nitrogens with one attached hydrogen (secondary N) is 13. The number of hydrogen-bond acceptors (Lipinski definition) is 24. The summed E-state index contributed by atoms with van der Waals surface area (Å²) in [5.41, 5.74) is 16.0. The van der Waals surface area contributed by atoms with Gasteiger partial charge in [0.05, 0.1) is 38.8 Å². The normalized spacial score (nSPS) is 15.9. The topological polar surface area (TPSA) is 738 Å². The first-order chi connectivity index (χ1) is 47.1. The summed E-state index contributed by atoms with van der Waals surface area (Å²) in [6.07, 6.45) is -7.23. The van der Waals surface area contributed by atoms with Crippen molar-refractivity contribution in [2.75, 3.05) is 32.8 Å². The summed E-state index contributed by atoms with van der Waals surface area (Å²) in [5.74, 6) is -25.4. The number of carboxylic acids is 5. The quantitative estimate of drug-likeness (QED) is 0.0269. The van der Waals surface area contributed by atoms with Crippen LogP contribution in [0, 0.1) is 0 Å². The number of aliphatic hydroxyl groups excluding tert-OH is 2. The van der Waals surface area contributed by atoms with Gasteiger partial charge in [-0.1, -0.05) is 0 Å². The number of carbonyl (C=O) groups is 21. The average molecular weight is 1450 g/mol. The molecule has 0 unspecified atom stereocenters. The van der Waals surface area contributed by atoms with Gasteiger partial charge in [0.15, 0.2) is 0 Å². The van der Waals surface area contributed by atoms with E-state index in [-0.39, 0.29) is 19.4 Å². The Kier molecular flexibility index (Phi) is 38.2. The van der Waals surface area contributed by atoms with Gasteiger partial charge in [-0.05, 0) is 72.6 Å². The number of likely N-dealkylation sites (tertiary alicyclic amines) is 1. The monoisotopic (exact) mass is 1450 g/mol. The van der Waals surface area contributed by atoms with E-state index >= 15 is 0 Å². The van der Waals surface area contributed by atoms with E-state index in [4.69, 9.17) is 27.4 Å². The van der Waals surface area contributed by atoms with Crippen LogP contribution in [-0.4, -0.2) is 276 Å². The van der Waals surface area contributed by atoms with Crippen LogP contribution in [0.25, 0.3) is 0 Å². The van der Waals surface area contributed by atoms with E-state index in [1.165, 1.54) is 6.92 Å². The van der Waals surface area contributed by atoms with Crippen LogP contribution in [0.3, 0.4) is 0 Å². The van der Waals surface area contributed by atoms with Crippen LogP contribution in [-0.2, 0) is 101 Å². The molecule has 0 aromatic heterocycles. The number of nitrogens with zero attached hydrogens (tertiary/aromatic N) is 1. The van der Waals surface area contributed by atoms with Crippen molar-refractivity contribution in [3.63, 3.8) is 0 Å². The number of primary amides is 2. The van der Waals surface area contributed by atoms with E-state index in [1.807, 2.05) is 10.6 Å². The molecular formula is C56H87N17O28. The Morgan fingerprint density at radius 1 is 0.386 bits per heavy atom. The Hall–Kier alpha value is -11.2. The van der Waals surface area contributed by atoms with Crippen LogP contribution in [0.15, 0.2) is 0 Å². The highest BCUT2D eigenvalue weighted by molar-refractivity contribution is 6.01. The molecule has 1 aliphatic rings. The van der Waals surface area contributed by atoms with E-state index < -0.39 is 300 Å². The molecule has 0 aromatic rings. The fraction of sp³-hybridized carbons (Fsp3) is 0.625. The summed E-state index contributed by atoms with van der Waals surface area (Å²) in [6.45, 7) is 0.271. The highest BCUT2D eigenvalue weighted by Crippen LogP contribution is 2.20. The zero-order valence-corrected chi connectivity index (χ0v) is 55.1. The molecule has 0 saturated carbocycles. The third-order valence-electron chi connectivity index (χ3n) is 14.5. The van der Waals surface area contributed by atoms with Crippen LogP contribution in [0.2, 0.25) is 0 Å². The number of aliphatic hydroxyl groups is 2. The van der Waals surface area contributed by atoms with Gasteiger partial charge in [0.2, 0.25) is 94.5 Å². The van der Waals surface area contributed by atoms with Gasteiger partial charge in [0.25, 0.3) is 0 Å². The minimum Gasteiger partial charge on any atom is -0.481 e. The van der Waals surface area contributed by atoms with Crippen molar-refractivity contribution in [1.82, 2.24) is 74.0 Å². The summed E-state index contributed by atoms with van der Waals surface area (Å²) in [6, 6.07) is -21.7. The van der Waals surface area contributed by atoms with Crippen LogP contribution in [0.4, 0.5) is 0 Å². The molecule has 101 heavy (non-hydrogen) atoms. The number of hydrogen-bond donors (Lipinski definition) is 23. The molecule has 13 atom stereocenters. The summed E-state index contributed by atoms with van der Waals surface area (Å²) in [5, 5.41) is 94.3. The first-order valence-electron chi connectivity index (χ1n) is 30.9. The SMILES string of the molecule is C[C@H](N)C(=O)N[C@@H](CCC(=O)O)C(=O)N[C@@H](CC(N)=O)C(=O)N[C@@H](CO)C(=O)N[C@@H](CO)C(=O)N[C@@H](C)C(=O)N1CCC[C@H]1C(=O)N[C@@H](CCC(=O)O)C(=O)N[C@@H](C)C(=O)N[C@@H](CCC(=O)O)C(=O)N[C@@H](CCC(N)=O)C(=O)NCC(=O)NCC(=O)N[C@@H](C)C(=O)N[C@@H](CCC(=O)O)C(=O)O. The predicted octanol–water partition coefficient (Wildman–Crippen LogP) is -12.4. The van der Waals surface area contributed by atoms with Gasteiger partial charge < -0.3 is 127 Å². The molecule has 0 bridgehead atoms. The maximum Gasteiger partial charge on any atom is 0.326 e. The van der Waals surface area contributed by atoms with Gasteiger partial charge in [-0.25, -0.2) is 4.79 Å². The summed E-state index contributed by atoms with van der Waals surface area (Å²) < 4.78 is 0. The molecule has 26 N–H and O–H groups in total. The average Bonchev–Trinajstić information content (AvgIpc) is 1.75. The fourth-order valence-corrected chi connectivity index (χ4v) is 8.94. The second-order valence-electron chi connectivity index (χ2n) is 22.8. The lowest BCUT2D eigenvalue weighted by atomic mass is 10.1. The molecule has 0 radical (unpaired) electrons. The zero-order valence-electron chi connectivity index (χ0n) is 55.1. The summed E-state index contributed by atoms with van der Waals surface area (Å²) >= 11 is 0. The summed E-state index contributed by atoms with van der Waals surface area (Å²) in [7, 11) is 0. The predicted molar refractivity (Wildman–Crippen MR) is 334 cm³/mol. The lowest BCUT2D eigenvalue weighted by Crippen LogP contribution is -2.61. The van der Waals surface area contributed by atoms with Crippen LogP contribution in [0.5, 0.6) is 0 Å². The van der Waals surface area contributed by atoms with Gasteiger partial charge in [-0.2, -0.15) is 0 Å². The Morgan fingerprint density at radius 3 is 1.20 bits per heavy atom. The van der Waals surface area contributed by atoms with E-state index in [0.717, 1.165) is 25.7 Å². The second kappa shape index (κ2) is 43.9. The minimum atomic E-state index is -2.00. The number of rotatable bonds is 47. The Labute approximate surface area is 573 Å². The molecule has 0 aliphatic carbocycles. The first kappa shape index (κ1) is 87.8. The fourth-order valence-electron chi connectivity index (χ4n) is 8.94. The maximum atomic E-state index is 13.9. The highest BCUT2D eigenvalue weighted by atomic mass is 16.4. The molecule has 1 heterocycles. The van der Waals surface area contributed by atoms with Gasteiger partial charge in [0.1, 0.15) is 72.5 Å². The molecule has 564 valence electrons. The van der Waals surface area contributed by atoms with Crippen molar-refractivity contribution in [2.45, 2.75) is 190 Å². The molecule has 16 amide bonds. The lowest BCUT2D eigenvalue weighted by molar-refractivity contribution is -0.143. The van der Waals surface area contributed by atoms with Gasteiger partial charge in [0, 0.05) is 38.6 Å². The molecule has 1 saturated heterocycles. The molecule has 45 nitrogen and oxygen atoms in total. The van der Waals surface area contributed by atoms with Gasteiger partial charge in [-0.3, -0.25) is 95.9 Å². The van der Waals surface area contributed by atoms with E-state index in [9.17, 15) is 126 Å². The summed E-state index contributed by atoms with van der Waals surface area (Å²) in [4.78, 5) is 267. The number of amides is 16. The maximum absolute atomic E-state index is 13.9. The smallest absolute Gasteiger partial charge is 0.326 e. The largest absolute Gasteiger partial charge is 0.481 e. The molecule has 0 aromatic carbocycles. The van der Waals surface area contributed by atoms with Crippen molar-refractivity contribution in [2.24, 2.45) is 17.2 Å². The molecule has 1 aliphatic heterocycles. The molecular weight excluding hydrogens is 1360 g/mol. The van der Waals surface area contributed by atoms with Crippen molar-refractivity contribution in [3.8, 4) is 0 Å². The second-order valence-corrected chi connectivity index (χ2v) is 22.8. The van der Waals surface area contributed by atoms with Crippen molar-refractivity contribution < 1.29 is 136 Å². The van der Waals surface area contributed by atoms with Crippen LogP contribution in [0.1, 0.15) is 111 Å². The van der Waals surface area contributed by atoms with Crippen molar-refractivity contribution >= 4 is 124 Å². The van der Waals surface area contributed by atoms with Crippen LogP contribution >= 0.6 is 0 Å². The highest BCUT2D eigenvalue weighted by Gasteiger charge is 2.40. The molecule has 0 spiro atoms. The third-order valence-corrected chi connectivity index (χ3v) is 14.5. The Balaban J connectivity index is 3.17. The number of carbonyl (C=O) groups excluding carboxylic acids is 16. The van der Waals surface area contributed by atoms with E-state index in [0.29, 0.717) is 0 Å². The van der Waals surface area contributed by atoms with Crippen molar-refractivity contribution in [3.05, 3.63) is 0 Å². The Morgan fingerprint density at radius 2 is 0.743 bits per heavy atom. The first-order valence-corrected chi connectivity index (χ1v) is 30.9. The van der Waals surface area contributed by atoms with Crippen LogP contribution < -0.4 is 86.3 Å². The molecule has 1 rings (SSSR count). The Bertz CT molecular complexity index is 3100. The molecule has 1 fully saturated rings. The number of carboxylic acid groups (broad SMARTS) is 5. The zero-order chi connectivity index (χ0) is 77.1. The van der Waals surface area contributed by atoms with Gasteiger partial charge >= 0.3 is 29.8 Å². The van der Waals surface area contributed by atoms with Gasteiger partial charge in [-0.15, -0.1) is 0 Å². The number of nitrogens with two attached hydrogens (primary N) is 3. The third kappa shape index (κ3) is 33.2. The number of aliphatic carboxylic acids is 5. The van der Waals surface area contributed by atoms with E-state index in [2.05, 4.69) is 58.5 Å². The molecule has 45 heteroatoms.